The number of unbranched alkanes of at least 4 members (excludes halogenated alkanes) is 6. The van der Waals surface area contributed by atoms with Crippen molar-refractivity contribution in [2.24, 2.45) is 17.8 Å². The lowest BCUT2D eigenvalue weighted by molar-refractivity contribution is -0.154. The number of thioether (sulfide) groups is 1. The second-order valence-electron chi connectivity index (χ2n) is 11.1. The highest BCUT2D eigenvalue weighted by molar-refractivity contribution is 8.02. The highest BCUT2D eigenvalue weighted by Crippen LogP contribution is 2.68. The standard InChI is InChI=1S/C30H48N2O5S/c1-5-8-10-15-20-37-29(36)24-23-21-22(4)30(38-23)25(24)27(34)32(18-13-11-14-19-33)26(30)28(35)31(16-7-3)17-12-9-6-2/h5,7,22-26,33H,1,3,6,8-21H2,2,4H3/t22?,23-,24+,25-,26?,30?/m0/s1. The molecule has 214 valence electrons. The quantitative estimate of drug-likeness (QED) is 0.153. The van der Waals surface area contributed by atoms with Crippen molar-refractivity contribution in [2.75, 3.05) is 32.8 Å². The molecule has 6 atom stereocenters. The number of likely N-dealkylation sites (tertiary alicyclic amines) is 1. The molecule has 3 heterocycles. The first kappa shape index (κ1) is 30.7. The summed E-state index contributed by atoms with van der Waals surface area (Å²) < 4.78 is 5.10. The molecule has 38 heavy (non-hydrogen) atoms. The van der Waals surface area contributed by atoms with E-state index >= 15 is 0 Å². The van der Waals surface area contributed by atoms with Crippen molar-refractivity contribution in [3.05, 3.63) is 25.3 Å². The first-order valence-corrected chi connectivity index (χ1v) is 15.5. The van der Waals surface area contributed by atoms with Crippen LogP contribution in [0.4, 0.5) is 0 Å². The van der Waals surface area contributed by atoms with Gasteiger partial charge < -0.3 is 19.6 Å². The summed E-state index contributed by atoms with van der Waals surface area (Å²) in [5, 5.41) is 9.24. The van der Waals surface area contributed by atoms with Gasteiger partial charge in [0.25, 0.3) is 0 Å². The number of aliphatic hydroxyl groups excluding tert-OH is 1. The van der Waals surface area contributed by atoms with Crippen LogP contribution < -0.4 is 0 Å². The molecule has 0 aliphatic carbocycles. The second-order valence-corrected chi connectivity index (χ2v) is 12.6. The van der Waals surface area contributed by atoms with Crippen LogP contribution in [0.1, 0.15) is 78.1 Å². The van der Waals surface area contributed by atoms with Gasteiger partial charge in [0.1, 0.15) is 6.04 Å². The summed E-state index contributed by atoms with van der Waals surface area (Å²) in [7, 11) is 0. The van der Waals surface area contributed by atoms with Crippen LogP contribution in [-0.2, 0) is 19.1 Å². The van der Waals surface area contributed by atoms with Crippen molar-refractivity contribution >= 4 is 29.5 Å². The van der Waals surface area contributed by atoms with Crippen molar-refractivity contribution in [3.63, 3.8) is 0 Å². The molecule has 1 spiro atoms. The summed E-state index contributed by atoms with van der Waals surface area (Å²) in [6.07, 6.45) is 12.2. The third kappa shape index (κ3) is 6.16. The van der Waals surface area contributed by atoms with E-state index in [-0.39, 0.29) is 35.6 Å². The molecule has 3 aliphatic rings. The molecule has 2 amide bonds. The number of allylic oxidation sites excluding steroid dienone is 1. The molecule has 7 nitrogen and oxygen atoms in total. The van der Waals surface area contributed by atoms with Crippen LogP contribution in [0, 0.1) is 17.8 Å². The largest absolute Gasteiger partial charge is 0.465 e. The summed E-state index contributed by atoms with van der Waals surface area (Å²) in [5.41, 5.74) is 0. The predicted octanol–water partition coefficient (Wildman–Crippen LogP) is 4.59. The number of hydrogen-bond donors (Lipinski definition) is 1. The number of fused-ring (bicyclic) bond motifs is 1. The van der Waals surface area contributed by atoms with Crippen LogP contribution in [0.25, 0.3) is 0 Å². The number of esters is 1. The van der Waals surface area contributed by atoms with E-state index in [0.717, 1.165) is 57.8 Å². The fourth-order valence-corrected chi connectivity index (χ4v) is 9.11. The zero-order valence-electron chi connectivity index (χ0n) is 23.4. The lowest BCUT2D eigenvalue weighted by atomic mass is 9.66. The van der Waals surface area contributed by atoms with E-state index in [2.05, 4.69) is 27.0 Å². The number of carbonyl (C=O) groups excluding carboxylic acids is 3. The van der Waals surface area contributed by atoms with Crippen molar-refractivity contribution < 1.29 is 24.2 Å². The first-order chi connectivity index (χ1) is 18.4. The average Bonchev–Trinajstić information content (AvgIpc) is 3.49. The van der Waals surface area contributed by atoms with E-state index in [4.69, 9.17) is 4.74 Å². The third-order valence-corrected chi connectivity index (χ3v) is 10.6. The number of amides is 2. The Kier molecular flexibility index (Phi) is 11.8. The fraction of sp³-hybridized carbons (Fsp3) is 0.767. The van der Waals surface area contributed by atoms with Crippen molar-refractivity contribution in [2.45, 2.75) is 94.1 Å². The topological polar surface area (TPSA) is 87.2 Å². The molecule has 8 heteroatoms. The molecule has 0 saturated carbocycles. The van der Waals surface area contributed by atoms with E-state index in [9.17, 15) is 19.5 Å². The molecule has 3 rings (SSSR count). The zero-order valence-corrected chi connectivity index (χ0v) is 24.3. The van der Waals surface area contributed by atoms with Crippen LogP contribution in [0.3, 0.4) is 0 Å². The molecular formula is C30H48N2O5S. The van der Waals surface area contributed by atoms with Gasteiger partial charge in [-0.25, -0.2) is 0 Å². The summed E-state index contributed by atoms with van der Waals surface area (Å²) in [6, 6.07) is -0.592. The Morgan fingerprint density at radius 1 is 1.16 bits per heavy atom. The maximum Gasteiger partial charge on any atom is 0.310 e. The zero-order chi connectivity index (χ0) is 27.7. The SMILES string of the molecule is C=CCCCCOC(=O)[C@@H]1[C@@H]2CC(C)C3(S2)C(C(=O)N(CC=C)CCCCC)N(CCCCCO)C(=O)[C@H]13. The van der Waals surface area contributed by atoms with E-state index in [1.807, 2.05) is 11.0 Å². The molecule has 3 aliphatic heterocycles. The minimum absolute atomic E-state index is 0.000547. The highest BCUT2D eigenvalue weighted by atomic mass is 32.2. The van der Waals surface area contributed by atoms with Gasteiger partial charge in [-0.3, -0.25) is 14.4 Å². The number of hydrogen-bond acceptors (Lipinski definition) is 6. The minimum atomic E-state index is -0.619. The monoisotopic (exact) mass is 548 g/mol. The number of ether oxygens (including phenoxy) is 1. The lowest BCUT2D eigenvalue weighted by Crippen LogP contribution is -2.57. The molecular weight excluding hydrogens is 500 g/mol. The third-order valence-electron chi connectivity index (χ3n) is 8.55. The van der Waals surface area contributed by atoms with Crippen LogP contribution in [0.5, 0.6) is 0 Å². The van der Waals surface area contributed by atoms with Crippen LogP contribution >= 0.6 is 11.8 Å². The minimum Gasteiger partial charge on any atom is -0.465 e. The van der Waals surface area contributed by atoms with Crippen LogP contribution in [0.15, 0.2) is 25.3 Å². The van der Waals surface area contributed by atoms with Crippen LogP contribution in [0.2, 0.25) is 0 Å². The summed E-state index contributed by atoms with van der Waals surface area (Å²) >= 11 is 1.70. The van der Waals surface area contributed by atoms with Crippen molar-refractivity contribution in [3.8, 4) is 0 Å². The Morgan fingerprint density at radius 3 is 2.63 bits per heavy atom. The molecule has 1 N–H and O–H groups in total. The molecule has 0 aromatic carbocycles. The van der Waals surface area contributed by atoms with Gasteiger partial charge in [-0.2, -0.15) is 0 Å². The van der Waals surface area contributed by atoms with E-state index in [1.165, 1.54) is 0 Å². The molecule has 3 saturated heterocycles. The number of nitrogens with zero attached hydrogens (tertiary/aromatic N) is 2. The average molecular weight is 549 g/mol. The summed E-state index contributed by atoms with van der Waals surface area (Å²) in [6.45, 7) is 13.9. The molecule has 3 fully saturated rings. The number of carbonyl (C=O) groups is 3. The smallest absolute Gasteiger partial charge is 0.310 e. The fourth-order valence-electron chi connectivity index (χ4n) is 6.71. The maximum absolute atomic E-state index is 14.3. The van der Waals surface area contributed by atoms with E-state index in [1.54, 1.807) is 22.7 Å². The molecule has 2 bridgehead atoms. The second kappa shape index (κ2) is 14.5. The van der Waals surface area contributed by atoms with Gasteiger partial charge in [-0.1, -0.05) is 38.8 Å². The lowest BCUT2D eigenvalue weighted by Gasteiger charge is -2.40. The van der Waals surface area contributed by atoms with E-state index in [0.29, 0.717) is 32.7 Å². The van der Waals surface area contributed by atoms with Gasteiger partial charge >= 0.3 is 5.97 Å². The highest BCUT2D eigenvalue weighted by Gasteiger charge is 2.76. The Labute approximate surface area is 233 Å². The Hall–Kier alpha value is -1.80. The van der Waals surface area contributed by atoms with Gasteiger partial charge in [0.2, 0.25) is 11.8 Å². The summed E-state index contributed by atoms with van der Waals surface area (Å²) in [4.78, 5) is 45.5. The van der Waals surface area contributed by atoms with Gasteiger partial charge in [0.05, 0.1) is 23.2 Å². The van der Waals surface area contributed by atoms with Gasteiger partial charge in [0, 0.05) is 31.5 Å². The summed E-state index contributed by atoms with van der Waals surface area (Å²) in [5.74, 6) is -1.27. The normalized spacial score (nSPS) is 29.4. The van der Waals surface area contributed by atoms with Gasteiger partial charge in [0.15, 0.2) is 0 Å². The number of rotatable bonds is 18. The first-order valence-electron chi connectivity index (χ1n) is 14.6. The van der Waals surface area contributed by atoms with Crippen molar-refractivity contribution in [1.82, 2.24) is 9.80 Å². The molecule has 0 aromatic heterocycles. The Morgan fingerprint density at radius 2 is 1.95 bits per heavy atom. The van der Waals surface area contributed by atoms with E-state index < -0.39 is 22.6 Å². The molecule has 0 radical (unpaired) electrons. The van der Waals surface area contributed by atoms with Gasteiger partial charge in [-0.05, 0) is 57.3 Å². The van der Waals surface area contributed by atoms with Crippen molar-refractivity contribution in [1.29, 1.82) is 0 Å². The van der Waals surface area contributed by atoms with Crippen LogP contribution in [-0.4, -0.2) is 81.6 Å². The predicted molar refractivity (Wildman–Crippen MR) is 153 cm³/mol. The van der Waals surface area contributed by atoms with Gasteiger partial charge in [-0.15, -0.1) is 24.9 Å². The molecule has 3 unspecified atom stereocenters. The maximum atomic E-state index is 14.3. The number of aliphatic hydroxyl groups is 1. The Bertz CT molecular complexity index is 850. The molecule has 0 aromatic rings. The Balaban J connectivity index is 1.89.